The minimum absolute atomic E-state index is 0.0868. The van der Waals surface area contributed by atoms with Crippen molar-refractivity contribution in [1.82, 2.24) is 4.90 Å². The summed E-state index contributed by atoms with van der Waals surface area (Å²) in [6, 6.07) is -1.12. The van der Waals surface area contributed by atoms with Crippen molar-refractivity contribution in [3.05, 3.63) is 35.1 Å². The van der Waals surface area contributed by atoms with E-state index in [4.69, 9.17) is 29.4 Å². The first-order chi connectivity index (χ1) is 27.4. The number of fused-ring (bicyclic) bond motifs is 3. The highest BCUT2D eigenvalue weighted by Gasteiger charge is 2.56. The van der Waals surface area contributed by atoms with E-state index in [1.165, 1.54) is 4.90 Å². The number of piperidine rings is 1. The number of esters is 1. The van der Waals surface area contributed by atoms with Crippen LogP contribution in [0.4, 0.5) is 0 Å². The van der Waals surface area contributed by atoms with Crippen LogP contribution in [-0.2, 0) is 42.9 Å². The van der Waals surface area contributed by atoms with E-state index < -0.39 is 59.8 Å². The molecule has 0 aromatic heterocycles. The number of rotatable bonds is 7. The third kappa shape index (κ3) is 11.9. The molecule has 4 aliphatic rings. The molecule has 13 atom stereocenters. The van der Waals surface area contributed by atoms with Crippen LogP contribution in [0.15, 0.2) is 35.1 Å². The second-order valence-electron chi connectivity index (χ2n) is 18.2. The van der Waals surface area contributed by atoms with Crippen LogP contribution in [-0.4, -0.2) is 103 Å². The molecule has 0 aromatic carbocycles. The van der Waals surface area contributed by atoms with Crippen molar-refractivity contribution in [2.45, 2.75) is 181 Å². The van der Waals surface area contributed by atoms with Gasteiger partial charge in [-0.3, -0.25) is 14.4 Å². The van der Waals surface area contributed by atoms with Gasteiger partial charge in [0.05, 0.1) is 18.5 Å². The fourth-order valence-corrected chi connectivity index (χ4v) is 9.56. The lowest BCUT2D eigenvalue weighted by atomic mass is 9.81. The van der Waals surface area contributed by atoms with Crippen LogP contribution in [0.5, 0.6) is 0 Å². The third-order valence-electron chi connectivity index (χ3n) is 13.0. The molecule has 3 aliphatic heterocycles. The number of carbonyl (C=O) groups is 4. The van der Waals surface area contributed by atoms with Crippen LogP contribution in [0.2, 0.25) is 0 Å². The first kappa shape index (κ1) is 47.8. The Kier molecular flexibility index (Phi) is 17.8. The van der Waals surface area contributed by atoms with E-state index in [2.05, 4.69) is 19.1 Å². The van der Waals surface area contributed by atoms with Crippen molar-refractivity contribution in [2.24, 2.45) is 35.3 Å². The molecule has 3 heterocycles. The van der Waals surface area contributed by atoms with Gasteiger partial charge in [-0.05, 0) is 127 Å². The maximum Gasteiger partial charge on any atom is 0.329 e. The SMILES string of the molecule is CCC1/C=C(\C)CC(C)CC(OC)C2OC(O)(C(=O)C(=O)N3CCCCC3C(=O)OC(C(C)=CC3CCC(N)C(OC=C(C)C)C3)C(C)CCC1=O)C(C)CC2OC. The summed E-state index contributed by atoms with van der Waals surface area (Å²) in [6.45, 7) is 15.9. The zero-order chi connectivity index (χ0) is 42.9. The predicted molar refractivity (Wildman–Crippen MR) is 222 cm³/mol. The minimum atomic E-state index is -2.46. The Morgan fingerprint density at radius 2 is 1.66 bits per heavy atom. The van der Waals surface area contributed by atoms with Gasteiger partial charge in [-0.1, -0.05) is 45.4 Å². The molecular formula is C46H74N2O10. The summed E-state index contributed by atoms with van der Waals surface area (Å²) in [5, 5.41) is 12.1. The molecule has 3 N–H and O–H groups in total. The van der Waals surface area contributed by atoms with Gasteiger partial charge in [-0.2, -0.15) is 0 Å². The van der Waals surface area contributed by atoms with Crippen molar-refractivity contribution >= 4 is 23.4 Å². The molecule has 0 radical (unpaired) electrons. The largest absolute Gasteiger partial charge is 0.496 e. The van der Waals surface area contributed by atoms with Gasteiger partial charge in [-0.15, -0.1) is 0 Å². The lowest BCUT2D eigenvalue weighted by Crippen LogP contribution is -2.64. The highest BCUT2D eigenvalue weighted by Crippen LogP contribution is 2.39. The number of amides is 1. The molecule has 13 unspecified atom stereocenters. The number of aliphatic hydroxyl groups is 1. The van der Waals surface area contributed by atoms with Crippen molar-refractivity contribution in [3.8, 4) is 0 Å². The van der Waals surface area contributed by atoms with Crippen LogP contribution in [0.1, 0.15) is 132 Å². The molecular weight excluding hydrogens is 741 g/mol. The Balaban J connectivity index is 1.73. The summed E-state index contributed by atoms with van der Waals surface area (Å²) in [5.41, 5.74) is 9.46. The van der Waals surface area contributed by atoms with E-state index in [1.807, 2.05) is 41.5 Å². The summed E-state index contributed by atoms with van der Waals surface area (Å²) >= 11 is 0. The molecule has 1 amide bonds. The van der Waals surface area contributed by atoms with E-state index in [-0.39, 0.29) is 54.6 Å². The molecule has 328 valence electrons. The molecule has 12 nitrogen and oxygen atoms in total. The first-order valence-electron chi connectivity index (χ1n) is 21.9. The van der Waals surface area contributed by atoms with Crippen LogP contribution < -0.4 is 5.73 Å². The van der Waals surface area contributed by atoms with Crippen molar-refractivity contribution in [2.75, 3.05) is 20.8 Å². The maximum atomic E-state index is 14.4. The topological polar surface area (TPSA) is 164 Å². The summed E-state index contributed by atoms with van der Waals surface area (Å²) < 4.78 is 30.5. The number of methoxy groups -OCH3 is 2. The Hall–Kier alpha value is -2.90. The van der Waals surface area contributed by atoms with Crippen LogP contribution >= 0.6 is 0 Å². The van der Waals surface area contributed by atoms with Gasteiger partial charge < -0.3 is 39.4 Å². The highest BCUT2D eigenvalue weighted by molar-refractivity contribution is 6.39. The summed E-state index contributed by atoms with van der Waals surface area (Å²) in [6.07, 6.45) is 10.1. The Morgan fingerprint density at radius 3 is 2.31 bits per heavy atom. The fraction of sp³-hybridized carbons (Fsp3) is 0.783. The van der Waals surface area contributed by atoms with Crippen molar-refractivity contribution in [3.63, 3.8) is 0 Å². The molecule has 4 rings (SSSR count). The highest BCUT2D eigenvalue weighted by atomic mass is 16.7. The van der Waals surface area contributed by atoms with Crippen LogP contribution in [0, 0.1) is 29.6 Å². The molecule has 2 saturated heterocycles. The normalized spacial score (nSPS) is 39.1. The van der Waals surface area contributed by atoms with Crippen LogP contribution in [0.25, 0.3) is 0 Å². The molecule has 58 heavy (non-hydrogen) atoms. The Bertz CT molecular complexity index is 1520. The summed E-state index contributed by atoms with van der Waals surface area (Å²) in [7, 11) is 3.11. The molecule has 0 spiro atoms. The van der Waals surface area contributed by atoms with Gasteiger partial charge in [0, 0.05) is 45.1 Å². The fourth-order valence-electron chi connectivity index (χ4n) is 9.56. The zero-order valence-electron chi connectivity index (χ0n) is 37.0. The first-order valence-corrected chi connectivity index (χ1v) is 21.9. The Labute approximate surface area is 347 Å². The molecule has 12 heteroatoms. The lowest BCUT2D eigenvalue weighted by Gasteiger charge is -2.47. The summed E-state index contributed by atoms with van der Waals surface area (Å²) in [5.74, 6) is -6.06. The van der Waals surface area contributed by atoms with E-state index in [0.29, 0.717) is 57.8 Å². The number of ether oxygens (including phenoxy) is 5. The van der Waals surface area contributed by atoms with E-state index in [1.54, 1.807) is 27.4 Å². The molecule has 1 aliphatic carbocycles. The van der Waals surface area contributed by atoms with Gasteiger partial charge in [0.15, 0.2) is 0 Å². The van der Waals surface area contributed by atoms with Gasteiger partial charge in [0.25, 0.3) is 11.7 Å². The molecule has 1 saturated carbocycles. The quantitative estimate of drug-likeness (QED) is 0.121. The number of allylic oxidation sites excluding steroid dienone is 4. The van der Waals surface area contributed by atoms with E-state index >= 15 is 0 Å². The van der Waals surface area contributed by atoms with Gasteiger partial charge in [0.1, 0.15) is 30.1 Å². The number of nitrogens with zero attached hydrogens (tertiary/aromatic N) is 1. The minimum Gasteiger partial charge on any atom is -0.496 e. The number of carbonyl (C=O) groups excluding carboxylic acids is 4. The van der Waals surface area contributed by atoms with Gasteiger partial charge in [-0.25, -0.2) is 4.79 Å². The number of nitrogens with two attached hydrogens (primary N) is 1. The smallest absolute Gasteiger partial charge is 0.329 e. The second kappa shape index (κ2) is 21.6. The zero-order valence-corrected chi connectivity index (χ0v) is 37.0. The number of hydrogen-bond acceptors (Lipinski definition) is 11. The lowest BCUT2D eigenvalue weighted by molar-refractivity contribution is -0.302. The second-order valence-corrected chi connectivity index (χ2v) is 18.2. The van der Waals surface area contributed by atoms with Gasteiger partial charge in [0.2, 0.25) is 5.79 Å². The standard InChI is InChI=1S/C46H74N2O10/c1-11-34-21-28(4)20-29(5)22-39(54-9)42-40(55-10)24-32(8)46(53,58-42)43(50)44(51)48-19-13-12-14-36(48)45(52)57-41(30(6)15-18-37(34)49)31(7)23-33-16-17-35(47)38(25-33)56-26-27(2)3/h21,23,26,29-30,32-36,38-42,53H,11-20,22,24-25,47H2,1-10H3/b28-21+,31-23?. The van der Waals surface area contributed by atoms with Crippen molar-refractivity contribution in [1.29, 1.82) is 0 Å². The molecule has 3 fully saturated rings. The predicted octanol–water partition coefficient (Wildman–Crippen LogP) is 6.76. The summed E-state index contributed by atoms with van der Waals surface area (Å²) in [4.78, 5) is 58.0. The molecule has 2 bridgehead atoms. The van der Waals surface area contributed by atoms with E-state index in [9.17, 15) is 24.3 Å². The monoisotopic (exact) mass is 815 g/mol. The maximum absolute atomic E-state index is 14.4. The van der Waals surface area contributed by atoms with Crippen LogP contribution in [0.3, 0.4) is 0 Å². The number of hydrogen-bond donors (Lipinski definition) is 2. The van der Waals surface area contributed by atoms with Gasteiger partial charge >= 0.3 is 5.97 Å². The number of Topliss-reactive ketones (excluding diaryl/α,β-unsaturated/α-hetero) is 2. The van der Waals surface area contributed by atoms with E-state index in [0.717, 1.165) is 29.6 Å². The third-order valence-corrected chi connectivity index (χ3v) is 13.0. The van der Waals surface area contributed by atoms with Crippen molar-refractivity contribution < 1.29 is 48.0 Å². The molecule has 0 aromatic rings. The average molecular weight is 815 g/mol. The Morgan fingerprint density at radius 1 is 0.966 bits per heavy atom. The average Bonchev–Trinajstić information content (AvgIpc) is 3.19. The number of cyclic esters (lactones) is 1. The number of ketones is 2.